The fraction of sp³-hybridized carbons (Fsp3) is 0.400. The van der Waals surface area contributed by atoms with Gasteiger partial charge in [0.25, 0.3) is 5.89 Å². The number of nitrogens with zero attached hydrogens (tertiary/aromatic N) is 6. The lowest BCUT2D eigenvalue weighted by Gasteiger charge is -2.02. The van der Waals surface area contributed by atoms with Gasteiger partial charge in [-0.2, -0.15) is 4.98 Å². The number of hydrogen-bond acceptors (Lipinski definition) is 7. The van der Waals surface area contributed by atoms with E-state index in [1.807, 2.05) is 31.2 Å². The fourth-order valence-corrected chi connectivity index (χ4v) is 2.58. The first-order chi connectivity index (χ1) is 11.3. The average Bonchev–Trinajstić information content (AvgIpc) is 3.30. The Morgan fingerprint density at radius 1 is 1.26 bits per heavy atom. The summed E-state index contributed by atoms with van der Waals surface area (Å²) in [6, 6.07) is 7.97. The third-order valence-electron chi connectivity index (χ3n) is 3.98. The van der Waals surface area contributed by atoms with Crippen molar-refractivity contribution in [3.63, 3.8) is 0 Å². The van der Waals surface area contributed by atoms with Gasteiger partial charge in [0.2, 0.25) is 0 Å². The van der Waals surface area contributed by atoms with Crippen LogP contribution in [0.2, 0.25) is 0 Å². The molecular formula is C15H16N6O2. The standard InChI is InChI=1S/C15H16N6O2/c1-10-17-19-20-21(10)8-11-2-4-12(5-3-11)15-16-14(18-23-15)13-6-7-22-9-13/h2-5,13H,6-9H2,1H3. The van der Waals surface area contributed by atoms with E-state index >= 15 is 0 Å². The van der Waals surface area contributed by atoms with Crippen LogP contribution in [0, 0.1) is 6.92 Å². The van der Waals surface area contributed by atoms with Crippen LogP contribution in [0.15, 0.2) is 28.8 Å². The van der Waals surface area contributed by atoms with Gasteiger partial charge in [-0.1, -0.05) is 17.3 Å². The van der Waals surface area contributed by atoms with Gasteiger partial charge in [-0.05, 0) is 41.5 Å². The molecule has 0 aliphatic carbocycles. The Hall–Kier alpha value is -2.61. The fourth-order valence-electron chi connectivity index (χ4n) is 2.58. The maximum atomic E-state index is 5.37. The van der Waals surface area contributed by atoms with E-state index in [0.717, 1.165) is 35.8 Å². The van der Waals surface area contributed by atoms with Crippen LogP contribution >= 0.6 is 0 Å². The molecule has 0 saturated carbocycles. The van der Waals surface area contributed by atoms with Gasteiger partial charge in [-0.3, -0.25) is 0 Å². The van der Waals surface area contributed by atoms with Crippen LogP contribution in [-0.4, -0.2) is 43.6 Å². The topological polar surface area (TPSA) is 91.8 Å². The molecule has 0 bridgehead atoms. The average molecular weight is 312 g/mol. The quantitative estimate of drug-likeness (QED) is 0.722. The van der Waals surface area contributed by atoms with E-state index in [2.05, 4.69) is 25.7 Å². The van der Waals surface area contributed by atoms with Crippen molar-refractivity contribution in [1.29, 1.82) is 0 Å². The molecule has 0 amide bonds. The molecule has 1 unspecified atom stereocenters. The monoisotopic (exact) mass is 312 g/mol. The van der Waals surface area contributed by atoms with Crippen molar-refractivity contribution in [2.75, 3.05) is 13.2 Å². The molecule has 1 fully saturated rings. The Morgan fingerprint density at radius 3 is 2.83 bits per heavy atom. The molecule has 8 nitrogen and oxygen atoms in total. The molecule has 23 heavy (non-hydrogen) atoms. The van der Waals surface area contributed by atoms with Gasteiger partial charge < -0.3 is 9.26 Å². The Kier molecular flexibility index (Phi) is 3.58. The molecule has 118 valence electrons. The molecule has 0 spiro atoms. The van der Waals surface area contributed by atoms with Gasteiger partial charge in [0.15, 0.2) is 5.82 Å². The molecule has 2 aromatic heterocycles. The zero-order valence-corrected chi connectivity index (χ0v) is 12.7. The van der Waals surface area contributed by atoms with Gasteiger partial charge in [0.05, 0.1) is 13.2 Å². The lowest BCUT2D eigenvalue weighted by molar-refractivity contribution is 0.192. The van der Waals surface area contributed by atoms with Crippen molar-refractivity contribution in [2.45, 2.75) is 25.8 Å². The van der Waals surface area contributed by atoms with Crippen molar-refractivity contribution in [2.24, 2.45) is 0 Å². The summed E-state index contributed by atoms with van der Waals surface area (Å²) in [4.78, 5) is 4.49. The molecule has 8 heteroatoms. The van der Waals surface area contributed by atoms with E-state index in [4.69, 9.17) is 9.26 Å². The molecule has 3 aromatic rings. The second-order valence-electron chi connectivity index (χ2n) is 5.60. The number of aryl methyl sites for hydroxylation is 1. The highest BCUT2D eigenvalue weighted by Gasteiger charge is 2.23. The van der Waals surface area contributed by atoms with Crippen molar-refractivity contribution in [3.05, 3.63) is 41.5 Å². The predicted octanol–water partition coefficient (Wildman–Crippen LogP) is 1.58. The van der Waals surface area contributed by atoms with E-state index in [0.29, 0.717) is 19.0 Å². The number of aromatic nitrogens is 6. The van der Waals surface area contributed by atoms with Crippen LogP contribution in [-0.2, 0) is 11.3 Å². The van der Waals surface area contributed by atoms with Gasteiger partial charge >= 0.3 is 0 Å². The molecule has 0 radical (unpaired) electrons. The zero-order valence-electron chi connectivity index (χ0n) is 12.7. The molecule has 4 rings (SSSR count). The smallest absolute Gasteiger partial charge is 0.257 e. The van der Waals surface area contributed by atoms with Crippen LogP contribution in [0.25, 0.3) is 11.5 Å². The highest BCUT2D eigenvalue weighted by Crippen LogP contribution is 2.25. The minimum atomic E-state index is 0.245. The first-order valence-electron chi connectivity index (χ1n) is 7.53. The maximum Gasteiger partial charge on any atom is 0.257 e. The third kappa shape index (κ3) is 2.85. The van der Waals surface area contributed by atoms with Crippen LogP contribution in [0.4, 0.5) is 0 Å². The molecule has 3 heterocycles. The minimum absolute atomic E-state index is 0.245. The Morgan fingerprint density at radius 2 is 2.13 bits per heavy atom. The summed E-state index contributed by atoms with van der Waals surface area (Å²) in [7, 11) is 0. The second kappa shape index (κ2) is 5.88. The molecule has 1 aromatic carbocycles. The number of ether oxygens (including phenoxy) is 1. The van der Waals surface area contributed by atoms with Crippen LogP contribution < -0.4 is 0 Å². The summed E-state index contributed by atoms with van der Waals surface area (Å²) < 4.78 is 12.5. The van der Waals surface area contributed by atoms with Crippen molar-refractivity contribution in [1.82, 2.24) is 30.3 Å². The van der Waals surface area contributed by atoms with E-state index in [1.54, 1.807) is 4.68 Å². The van der Waals surface area contributed by atoms with Crippen LogP contribution in [0.5, 0.6) is 0 Å². The number of benzene rings is 1. The first kappa shape index (κ1) is 14.0. The summed E-state index contributed by atoms with van der Waals surface area (Å²) in [5, 5.41) is 15.5. The molecule has 1 saturated heterocycles. The summed E-state index contributed by atoms with van der Waals surface area (Å²) in [6.45, 7) is 3.94. The van der Waals surface area contributed by atoms with Crippen LogP contribution in [0.1, 0.15) is 29.6 Å². The minimum Gasteiger partial charge on any atom is -0.381 e. The molecular weight excluding hydrogens is 296 g/mol. The first-order valence-corrected chi connectivity index (χ1v) is 7.53. The maximum absolute atomic E-state index is 5.37. The normalized spacial score (nSPS) is 17.7. The Labute approximate surface area is 132 Å². The van der Waals surface area contributed by atoms with Gasteiger partial charge in [0, 0.05) is 18.1 Å². The third-order valence-corrected chi connectivity index (χ3v) is 3.98. The van der Waals surface area contributed by atoms with Gasteiger partial charge in [-0.25, -0.2) is 4.68 Å². The number of hydrogen-bond donors (Lipinski definition) is 0. The highest BCUT2D eigenvalue weighted by molar-refractivity contribution is 5.53. The summed E-state index contributed by atoms with van der Waals surface area (Å²) in [5.74, 6) is 2.30. The Balaban J connectivity index is 1.50. The Bertz CT molecular complexity index is 788. The second-order valence-corrected chi connectivity index (χ2v) is 5.60. The highest BCUT2D eigenvalue weighted by atomic mass is 16.5. The zero-order chi connectivity index (χ0) is 15.6. The van der Waals surface area contributed by atoms with Gasteiger partial charge in [-0.15, -0.1) is 5.10 Å². The summed E-state index contributed by atoms with van der Waals surface area (Å²) >= 11 is 0. The van der Waals surface area contributed by atoms with Crippen molar-refractivity contribution in [3.8, 4) is 11.5 Å². The lowest BCUT2D eigenvalue weighted by atomic mass is 10.1. The van der Waals surface area contributed by atoms with Crippen molar-refractivity contribution >= 4 is 0 Å². The number of rotatable bonds is 4. The SMILES string of the molecule is Cc1nnnn1Cc1ccc(-c2nc(C3CCOC3)no2)cc1. The summed E-state index contributed by atoms with van der Waals surface area (Å²) in [5.41, 5.74) is 2.01. The predicted molar refractivity (Wildman–Crippen MR) is 79.6 cm³/mol. The number of tetrazole rings is 1. The molecule has 1 aliphatic rings. The van der Waals surface area contributed by atoms with E-state index in [-0.39, 0.29) is 5.92 Å². The molecule has 1 atom stereocenters. The lowest BCUT2D eigenvalue weighted by Crippen LogP contribution is -2.04. The molecule has 1 aliphatic heterocycles. The van der Waals surface area contributed by atoms with E-state index in [9.17, 15) is 0 Å². The van der Waals surface area contributed by atoms with Crippen molar-refractivity contribution < 1.29 is 9.26 Å². The summed E-state index contributed by atoms with van der Waals surface area (Å²) in [6.07, 6.45) is 0.948. The largest absolute Gasteiger partial charge is 0.381 e. The van der Waals surface area contributed by atoms with Crippen LogP contribution in [0.3, 0.4) is 0 Å². The molecule has 0 N–H and O–H groups in total. The van der Waals surface area contributed by atoms with E-state index in [1.165, 1.54) is 0 Å². The van der Waals surface area contributed by atoms with E-state index < -0.39 is 0 Å². The van der Waals surface area contributed by atoms with Gasteiger partial charge in [0.1, 0.15) is 5.82 Å².